The van der Waals surface area contributed by atoms with Crippen molar-refractivity contribution in [2.75, 3.05) is 5.73 Å². The number of hydrogen-bond acceptors (Lipinski definition) is 2. The Balaban J connectivity index is 2.45. The van der Waals surface area contributed by atoms with E-state index < -0.39 is 0 Å². The number of rotatable bonds is 5. The Labute approximate surface area is 123 Å². The van der Waals surface area contributed by atoms with Crippen molar-refractivity contribution in [3.8, 4) is 0 Å². The van der Waals surface area contributed by atoms with Gasteiger partial charge in [0.1, 0.15) is 5.82 Å². The molecule has 0 bridgehead atoms. The molecule has 1 aliphatic rings. The summed E-state index contributed by atoms with van der Waals surface area (Å²) >= 11 is 0. The molecule has 1 heterocycles. The van der Waals surface area contributed by atoms with Gasteiger partial charge in [0.15, 0.2) is 0 Å². The van der Waals surface area contributed by atoms with E-state index in [9.17, 15) is 0 Å². The SMILES string of the molecule is CC(C)Cc1c(C2(CC(C)C)CCCC2)nn(C)c1N. The van der Waals surface area contributed by atoms with Gasteiger partial charge in [-0.15, -0.1) is 0 Å². The van der Waals surface area contributed by atoms with Crippen LogP contribution in [0.4, 0.5) is 5.82 Å². The first-order chi connectivity index (χ1) is 9.35. The van der Waals surface area contributed by atoms with E-state index in [-0.39, 0.29) is 5.41 Å². The summed E-state index contributed by atoms with van der Waals surface area (Å²) in [6, 6.07) is 0. The van der Waals surface area contributed by atoms with Crippen LogP contribution in [0, 0.1) is 11.8 Å². The van der Waals surface area contributed by atoms with Crippen LogP contribution in [-0.4, -0.2) is 9.78 Å². The van der Waals surface area contributed by atoms with Gasteiger partial charge in [-0.05, 0) is 37.5 Å². The molecule has 114 valence electrons. The molecule has 3 nitrogen and oxygen atoms in total. The Kier molecular flexibility index (Phi) is 4.46. The first-order valence-corrected chi connectivity index (χ1v) is 8.17. The molecule has 1 saturated carbocycles. The average molecular weight is 277 g/mol. The monoisotopic (exact) mass is 277 g/mol. The molecule has 0 spiro atoms. The van der Waals surface area contributed by atoms with Crippen LogP contribution < -0.4 is 5.73 Å². The second-order valence-corrected chi connectivity index (χ2v) is 7.52. The third kappa shape index (κ3) is 2.87. The molecule has 1 fully saturated rings. The maximum absolute atomic E-state index is 6.31. The Hall–Kier alpha value is -0.990. The molecular formula is C17H31N3. The summed E-state index contributed by atoms with van der Waals surface area (Å²) in [5, 5.41) is 4.86. The molecular weight excluding hydrogens is 246 g/mol. The lowest BCUT2D eigenvalue weighted by atomic mass is 9.74. The van der Waals surface area contributed by atoms with Crippen LogP contribution in [0.15, 0.2) is 0 Å². The minimum atomic E-state index is 0.285. The third-order valence-electron chi connectivity index (χ3n) is 4.67. The zero-order valence-corrected chi connectivity index (χ0v) is 13.9. The molecule has 0 radical (unpaired) electrons. The lowest BCUT2D eigenvalue weighted by Gasteiger charge is -2.30. The van der Waals surface area contributed by atoms with E-state index in [1.165, 1.54) is 43.4 Å². The van der Waals surface area contributed by atoms with Crippen LogP contribution in [-0.2, 0) is 18.9 Å². The maximum Gasteiger partial charge on any atom is 0.124 e. The molecule has 0 aliphatic heterocycles. The number of anilines is 1. The smallest absolute Gasteiger partial charge is 0.124 e. The van der Waals surface area contributed by atoms with Crippen molar-refractivity contribution in [1.29, 1.82) is 0 Å². The molecule has 1 aromatic rings. The van der Waals surface area contributed by atoms with Crippen molar-refractivity contribution in [2.45, 2.75) is 71.6 Å². The molecule has 3 heteroatoms. The van der Waals surface area contributed by atoms with Crippen LogP contribution in [0.3, 0.4) is 0 Å². The minimum absolute atomic E-state index is 0.285. The van der Waals surface area contributed by atoms with Gasteiger partial charge in [0.05, 0.1) is 5.69 Å². The van der Waals surface area contributed by atoms with Crippen molar-refractivity contribution < 1.29 is 0 Å². The Bertz CT molecular complexity index is 451. The number of nitrogens with zero attached hydrogens (tertiary/aromatic N) is 2. The summed E-state index contributed by atoms with van der Waals surface area (Å²) < 4.78 is 1.90. The largest absolute Gasteiger partial charge is 0.384 e. The van der Waals surface area contributed by atoms with Gasteiger partial charge in [-0.2, -0.15) is 5.10 Å². The number of aryl methyl sites for hydroxylation is 1. The highest BCUT2D eigenvalue weighted by Gasteiger charge is 2.40. The average Bonchev–Trinajstić information content (AvgIpc) is 2.89. The highest BCUT2D eigenvalue weighted by atomic mass is 15.3. The molecule has 0 unspecified atom stereocenters. The molecule has 0 amide bonds. The highest BCUT2D eigenvalue weighted by molar-refractivity contribution is 5.47. The van der Waals surface area contributed by atoms with E-state index in [1.54, 1.807) is 0 Å². The van der Waals surface area contributed by atoms with E-state index in [4.69, 9.17) is 10.8 Å². The van der Waals surface area contributed by atoms with Gasteiger partial charge in [-0.3, -0.25) is 4.68 Å². The van der Waals surface area contributed by atoms with Crippen molar-refractivity contribution >= 4 is 5.82 Å². The van der Waals surface area contributed by atoms with Gasteiger partial charge >= 0.3 is 0 Å². The van der Waals surface area contributed by atoms with Gasteiger partial charge in [-0.25, -0.2) is 0 Å². The lowest BCUT2D eigenvalue weighted by Crippen LogP contribution is -2.27. The van der Waals surface area contributed by atoms with Crippen LogP contribution in [0.2, 0.25) is 0 Å². The second kappa shape index (κ2) is 5.79. The van der Waals surface area contributed by atoms with Crippen molar-refractivity contribution in [1.82, 2.24) is 9.78 Å². The topological polar surface area (TPSA) is 43.8 Å². The lowest BCUT2D eigenvalue weighted by molar-refractivity contribution is 0.333. The number of nitrogens with two attached hydrogens (primary N) is 1. The summed E-state index contributed by atoms with van der Waals surface area (Å²) in [6.07, 6.45) is 7.54. The van der Waals surface area contributed by atoms with Crippen molar-refractivity contribution in [3.05, 3.63) is 11.3 Å². The fraction of sp³-hybridized carbons (Fsp3) is 0.824. The summed E-state index contributed by atoms with van der Waals surface area (Å²) in [4.78, 5) is 0. The molecule has 0 saturated heterocycles. The first kappa shape index (κ1) is 15.4. The van der Waals surface area contributed by atoms with Crippen molar-refractivity contribution in [3.63, 3.8) is 0 Å². The summed E-state index contributed by atoms with van der Waals surface area (Å²) in [7, 11) is 1.99. The quantitative estimate of drug-likeness (QED) is 0.882. The van der Waals surface area contributed by atoms with Crippen LogP contribution in [0.1, 0.15) is 71.1 Å². The zero-order chi connectivity index (χ0) is 14.9. The predicted octanol–water partition coefficient (Wildman–Crippen LogP) is 4.06. The van der Waals surface area contributed by atoms with Crippen LogP contribution >= 0.6 is 0 Å². The Morgan fingerprint density at radius 3 is 2.25 bits per heavy atom. The van der Waals surface area contributed by atoms with Crippen LogP contribution in [0.25, 0.3) is 0 Å². The zero-order valence-electron chi connectivity index (χ0n) is 13.9. The number of aromatic nitrogens is 2. The van der Waals surface area contributed by atoms with Gasteiger partial charge in [0.25, 0.3) is 0 Å². The Morgan fingerprint density at radius 2 is 1.75 bits per heavy atom. The summed E-state index contributed by atoms with van der Waals surface area (Å²) in [5.74, 6) is 2.21. The molecule has 1 aliphatic carbocycles. The van der Waals surface area contributed by atoms with Crippen molar-refractivity contribution in [2.24, 2.45) is 18.9 Å². The maximum atomic E-state index is 6.31. The molecule has 2 N–H and O–H groups in total. The van der Waals surface area contributed by atoms with E-state index in [1.807, 2.05) is 11.7 Å². The van der Waals surface area contributed by atoms with E-state index in [2.05, 4.69) is 27.7 Å². The molecule has 1 aromatic heterocycles. The van der Waals surface area contributed by atoms with Gasteiger partial charge < -0.3 is 5.73 Å². The normalized spacial score (nSPS) is 18.4. The third-order valence-corrected chi connectivity index (χ3v) is 4.67. The minimum Gasteiger partial charge on any atom is -0.384 e. The molecule has 20 heavy (non-hydrogen) atoms. The molecule has 2 rings (SSSR count). The molecule has 0 aromatic carbocycles. The van der Waals surface area contributed by atoms with E-state index in [0.717, 1.165) is 12.2 Å². The fourth-order valence-corrected chi connectivity index (χ4v) is 3.99. The van der Waals surface area contributed by atoms with Crippen LogP contribution in [0.5, 0.6) is 0 Å². The van der Waals surface area contributed by atoms with E-state index >= 15 is 0 Å². The Morgan fingerprint density at radius 1 is 1.15 bits per heavy atom. The molecule has 0 atom stereocenters. The predicted molar refractivity (Wildman–Crippen MR) is 85.8 cm³/mol. The summed E-state index contributed by atoms with van der Waals surface area (Å²) in [5.41, 5.74) is 9.24. The van der Waals surface area contributed by atoms with E-state index in [0.29, 0.717) is 11.8 Å². The highest BCUT2D eigenvalue weighted by Crippen LogP contribution is 2.47. The second-order valence-electron chi connectivity index (χ2n) is 7.52. The van der Waals surface area contributed by atoms with Gasteiger partial charge in [0, 0.05) is 18.0 Å². The van der Waals surface area contributed by atoms with Gasteiger partial charge in [-0.1, -0.05) is 40.5 Å². The van der Waals surface area contributed by atoms with Gasteiger partial charge in [0.2, 0.25) is 0 Å². The summed E-state index contributed by atoms with van der Waals surface area (Å²) in [6.45, 7) is 9.18. The number of nitrogen functional groups attached to an aromatic ring is 1. The first-order valence-electron chi connectivity index (χ1n) is 8.17. The fourth-order valence-electron chi connectivity index (χ4n) is 3.99. The standard InChI is InChI=1S/C17H31N3/c1-12(2)10-14-15(19-20(5)16(14)18)17(11-13(3)4)8-6-7-9-17/h12-13H,6-11,18H2,1-5H3. The number of hydrogen-bond donors (Lipinski definition) is 1.